The Balaban J connectivity index is 2.17. The van der Waals surface area contributed by atoms with Crippen LogP contribution in [-0.2, 0) is 11.2 Å². The molecule has 0 spiro atoms. The lowest BCUT2D eigenvalue weighted by molar-refractivity contribution is -0.130. The Labute approximate surface area is 129 Å². The molecule has 0 aliphatic carbocycles. The molecule has 0 atom stereocenters. The molecule has 2 aromatic carbocycles. The largest absolute Gasteiger partial charge is 0.343 e. The summed E-state index contributed by atoms with van der Waals surface area (Å²) in [7, 11) is 1.77. The molecule has 4 heteroatoms. The van der Waals surface area contributed by atoms with Gasteiger partial charge in [-0.15, -0.1) is 0 Å². The number of hydrogen-bond acceptors (Lipinski definition) is 1. The van der Waals surface area contributed by atoms with Crippen LogP contribution in [0.4, 0.5) is 8.78 Å². The van der Waals surface area contributed by atoms with Gasteiger partial charge >= 0.3 is 0 Å². The maximum Gasteiger partial charge on any atom is 0.226 e. The summed E-state index contributed by atoms with van der Waals surface area (Å²) in [5, 5.41) is 0. The van der Waals surface area contributed by atoms with Crippen LogP contribution in [0.2, 0.25) is 0 Å². The molecule has 0 N–H and O–H groups in total. The summed E-state index contributed by atoms with van der Waals surface area (Å²) < 4.78 is 27.0. The minimum absolute atomic E-state index is 0.0275. The monoisotopic (exact) mass is 303 g/mol. The molecule has 2 aromatic rings. The molecule has 116 valence electrons. The predicted octanol–water partition coefficient (Wildman–Crippen LogP) is 4.04. The van der Waals surface area contributed by atoms with Crippen molar-refractivity contribution in [2.24, 2.45) is 0 Å². The second-order valence-electron chi connectivity index (χ2n) is 5.60. The van der Waals surface area contributed by atoms with Crippen LogP contribution in [0.1, 0.15) is 19.4 Å². The zero-order chi connectivity index (χ0) is 16.3. The van der Waals surface area contributed by atoms with Gasteiger partial charge in [-0.05, 0) is 43.2 Å². The van der Waals surface area contributed by atoms with E-state index in [1.54, 1.807) is 36.2 Å². The Morgan fingerprint density at radius 3 is 2.32 bits per heavy atom. The van der Waals surface area contributed by atoms with Gasteiger partial charge < -0.3 is 4.90 Å². The molecule has 0 aliphatic heterocycles. The lowest BCUT2D eigenvalue weighted by atomic mass is 10.0. The molecule has 0 unspecified atom stereocenters. The average Bonchev–Trinajstić information content (AvgIpc) is 2.49. The highest BCUT2D eigenvalue weighted by atomic mass is 19.1. The van der Waals surface area contributed by atoms with Gasteiger partial charge in [0.25, 0.3) is 0 Å². The summed E-state index contributed by atoms with van der Waals surface area (Å²) >= 11 is 0. The zero-order valence-electron chi connectivity index (χ0n) is 12.9. The van der Waals surface area contributed by atoms with Crippen LogP contribution in [0.3, 0.4) is 0 Å². The van der Waals surface area contributed by atoms with Crippen molar-refractivity contribution >= 4 is 5.91 Å². The van der Waals surface area contributed by atoms with Crippen molar-refractivity contribution in [1.29, 1.82) is 0 Å². The first-order valence-electron chi connectivity index (χ1n) is 7.18. The van der Waals surface area contributed by atoms with Crippen molar-refractivity contribution < 1.29 is 13.6 Å². The molecule has 0 bridgehead atoms. The van der Waals surface area contributed by atoms with Gasteiger partial charge in [-0.3, -0.25) is 4.79 Å². The Morgan fingerprint density at radius 2 is 1.73 bits per heavy atom. The second-order valence-corrected chi connectivity index (χ2v) is 5.60. The minimum Gasteiger partial charge on any atom is -0.343 e. The number of hydrogen-bond donors (Lipinski definition) is 0. The predicted molar refractivity (Wildman–Crippen MR) is 83.4 cm³/mol. The lowest BCUT2D eigenvalue weighted by Gasteiger charge is -2.21. The molecule has 0 heterocycles. The fourth-order valence-electron chi connectivity index (χ4n) is 2.11. The molecule has 0 saturated carbocycles. The van der Waals surface area contributed by atoms with Crippen molar-refractivity contribution in [1.82, 2.24) is 4.90 Å². The van der Waals surface area contributed by atoms with Crippen molar-refractivity contribution in [3.05, 3.63) is 59.7 Å². The molecule has 2 nitrogen and oxygen atoms in total. The van der Waals surface area contributed by atoms with Crippen LogP contribution in [-0.4, -0.2) is 23.9 Å². The van der Waals surface area contributed by atoms with E-state index >= 15 is 0 Å². The number of nitrogens with zero attached hydrogens (tertiary/aromatic N) is 1. The molecular formula is C18H19F2NO. The SMILES string of the molecule is CC(C)N(C)C(=O)Cc1ccc(-c2cc(F)ccc2F)cc1. The summed E-state index contributed by atoms with van der Waals surface area (Å²) in [5.41, 5.74) is 1.65. The van der Waals surface area contributed by atoms with Crippen molar-refractivity contribution in [2.45, 2.75) is 26.3 Å². The van der Waals surface area contributed by atoms with Crippen LogP contribution >= 0.6 is 0 Å². The highest BCUT2D eigenvalue weighted by molar-refractivity contribution is 5.79. The smallest absolute Gasteiger partial charge is 0.226 e. The first-order valence-corrected chi connectivity index (χ1v) is 7.18. The number of halogens is 2. The van der Waals surface area contributed by atoms with E-state index in [-0.39, 0.29) is 17.5 Å². The van der Waals surface area contributed by atoms with Crippen LogP contribution in [0.25, 0.3) is 11.1 Å². The van der Waals surface area contributed by atoms with Gasteiger partial charge in [0.15, 0.2) is 0 Å². The second kappa shape index (κ2) is 6.69. The number of carbonyl (C=O) groups excluding carboxylic acids is 1. The number of rotatable bonds is 4. The number of benzene rings is 2. The average molecular weight is 303 g/mol. The summed E-state index contributed by atoms with van der Waals surface area (Å²) in [6.45, 7) is 3.90. The van der Waals surface area contributed by atoms with Crippen molar-refractivity contribution in [3.8, 4) is 11.1 Å². The summed E-state index contributed by atoms with van der Waals surface area (Å²) in [5.74, 6) is -0.918. The van der Waals surface area contributed by atoms with E-state index in [0.717, 1.165) is 17.7 Å². The van der Waals surface area contributed by atoms with E-state index in [2.05, 4.69) is 0 Å². The standard InChI is InChI=1S/C18H19F2NO/c1-12(2)21(3)18(22)10-13-4-6-14(7-5-13)16-11-15(19)8-9-17(16)20/h4-9,11-12H,10H2,1-3H3. The van der Waals surface area contributed by atoms with Gasteiger partial charge in [-0.1, -0.05) is 24.3 Å². The Morgan fingerprint density at radius 1 is 1.09 bits per heavy atom. The molecular weight excluding hydrogens is 284 g/mol. The Bertz CT molecular complexity index is 665. The van der Waals surface area contributed by atoms with E-state index in [1.165, 1.54) is 6.07 Å². The van der Waals surface area contributed by atoms with E-state index < -0.39 is 11.6 Å². The first-order chi connectivity index (χ1) is 10.4. The number of amides is 1. The first kappa shape index (κ1) is 16.1. The lowest BCUT2D eigenvalue weighted by Crippen LogP contribution is -2.34. The van der Waals surface area contributed by atoms with Crippen LogP contribution in [0.15, 0.2) is 42.5 Å². The fourth-order valence-corrected chi connectivity index (χ4v) is 2.11. The molecule has 0 aliphatic rings. The normalized spacial score (nSPS) is 10.8. The maximum absolute atomic E-state index is 13.7. The minimum atomic E-state index is -0.478. The highest BCUT2D eigenvalue weighted by Gasteiger charge is 2.13. The van der Waals surface area contributed by atoms with E-state index in [1.807, 2.05) is 13.8 Å². The van der Waals surface area contributed by atoms with E-state index in [4.69, 9.17) is 0 Å². The fraction of sp³-hybridized carbons (Fsp3) is 0.278. The van der Waals surface area contributed by atoms with Gasteiger partial charge in [0.2, 0.25) is 5.91 Å². The van der Waals surface area contributed by atoms with Crippen molar-refractivity contribution in [2.75, 3.05) is 7.05 Å². The van der Waals surface area contributed by atoms with Crippen LogP contribution in [0, 0.1) is 11.6 Å². The van der Waals surface area contributed by atoms with Gasteiger partial charge in [-0.2, -0.15) is 0 Å². The Hall–Kier alpha value is -2.23. The third kappa shape index (κ3) is 3.70. The highest BCUT2D eigenvalue weighted by Crippen LogP contribution is 2.24. The summed E-state index contributed by atoms with van der Waals surface area (Å²) in [6.07, 6.45) is 0.292. The molecule has 0 saturated heterocycles. The van der Waals surface area contributed by atoms with E-state index in [9.17, 15) is 13.6 Å². The summed E-state index contributed by atoms with van der Waals surface area (Å²) in [6, 6.07) is 10.5. The zero-order valence-corrected chi connectivity index (χ0v) is 12.9. The van der Waals surface area contributed by atoms with E-state index in [0.29, 0.717) is 12.0 Å². The molecule has 0 fully saturated rings. The third-order valence-electron chi connectivity index (χ3n) is 3.72. The third-order valence-corrected chi connectivity index (χ3v) is 3.72. The molecule has 0 aromatic heterocycles. The number of likely N-dealkylation sites (N-methyl/N-ethyl adjacent to an activating group) is 1. The quantitative estimate of drug-likeness (QED) is 0.834. The topological polar surface area (TPSA) is 20.3 Å². The van der Waals surface area contributed by atoms with Gasteiger partial charge in [-0.25, -0.2) is 8.78 Å². The Kier molecular flexibility index (Phi) is 4.91. The van der Waals surface area contributed by atoms with Gasteiger partial charge in [0, 0.05) is 18.7 Å². The van der Waals surface area contributed by atoms with Gasteiger partial charge in [0.1, 0.15) is 11.6 Å². The molecule has 0 radical (unpaired) electrons. The number of carbonyl (C=O) groups is 1. The summed E-state index contributed by atoms with van der Waals surface area (Å²) in [4.78, 5) is 13.7. The molecule has 2 rings (SSSR count). The van der Waals surface area contributed by atoms with Gasteiger partial charge in [0.05, 0.1) is 6.42 Å². The molecule has 1 amide bonds. The van der Waals surface area contributed by atoms with Crippen molar-refractivity contribution in [3.63, 3.8) is 0 Å². The maximum atomic E-state index is 13.7. The van der Waals surface area contributed by atoms with Crippen LogP contribution in [0.5, 0.6) is 0 Å². The van der Waals surface area contributed by atoms with Crippen LogP contribution < -0.4 is 0 Å². The molecule has 22 heavy (non-hydrogen) atoms.